The molecule has 1 aliphatic rings. The molecule has 0 aromatic rings. The molecule has 0 saturated carbocycles. The number of carbonyl (C=O) groups excluding carboxylic acids is 2. The molecular weight excluding hydrogens is 246 g/mol. The predicted molar refractivity (Wildman–Crippen MR) is 71.6 cm³/mol. The molecule has 1 unspecified atom stereocenters. The van der Waals surface area contributed by atoms with Crippen molar-refractivity contribution in [2.24, 2.45) is 5.41 Å². The second kappa shape index (κ2) is 7.48. The lowest BCUT2D eigenvalue weighted by Crippen LogP contribution is -2.36. The molecule has 1 N–H and O–H groups in total. The van der Waals surface area contributed by atoms with Crippen molar-refractivity contribution in [1.29, 1.82) is 0 Å². The summed E-state index contributed by atoms with van der Waals surface area (Å²) in [5, 5.41) is 2.72. The van der Waals surface area contributed by atoms with Crippen LogP contribution in [-0.4, -0.2) is 37.7 Å². The molecule has 110 valence electrons. The van der Waals surface area contributed by atoms with E-state index in [1.54, 1.807) is 0 Å². The first-order valence-corrected chi connectivity index (χ1v) is 6.95. The molecule has 0 bridgehead atoms. The van der Waals surface area contributed by atoms with Crippen LogP contribution in [0, 0.1) is 5.41 Å². The zero-order valence-corrected chi connectivity index (χ0v) is 12.2. The lowest BCUT2D eigenvalue weighted by atomic mass is 9.96. The summed E-state index contributed by atoms with van der Waals surface area (Å²) in [6.45, 7) is 6.90. The molecule has 1 atom stereocenters. The first-order chi connectivity index (χ1) is 8.89. The summed E-state index contributed by atoms with van der Waals surface area (Å²) in [5.41, 5.74) is -0.431. The molecule has 1 saturated heterocycles. The molecule has 0 aromatic carbocycles. The van der Waals surface area contributed by atoms with Crippen LogP contribution < -0.4 is 5.32 Å². The molecule has 0 aliphatic carbocycles. The molecule has 1 aliphatic heterocycles. The van der Waals surface area contributed by atoms with Gasteiger partial charge in [0.2, 0.25) is 5.91 Å². The van der Waals surface area contributed by atoms with E-state index in [1.807, 2.05) is 20.8 Å². The predicted octanol–water partition coefficient (Wildman–Crippen LogP) is 1.65. The number of rotatable bonds is 5. The number of esters is 1. The van der Waals surface area contributed by atoms with Gasteiger partial charge in [0, 0.05) is 18.6 Å². The minimum atomic E-state index is -0.431. The third-order valence-corrected chi connectivity index (χ3v) is 3.00. The monoisotopic (exact) mass is 271 g/mol. The molecule has 19 heavy (non-hydrogen) atoms. The third-order valence-electron chi connectivity index (χ3n) is 3.00. The number of nitrogens with one attached hydrogen (secondary N) is 1. The van der Waals surface area contributed by atoms with Crippen LogP contribution in [0.4, 0.5) is 0 Å². The SMILES string of the molecule is CC(C)(C)C(=O)NCCC(=O)OCC1CCCCO1. The Kier molecular flexibility index (Phi) is 6.28. The summed E-state index contributed by atoms with van der Waals surface area (Å²) in [6, 6.07) is 0. The van der Waals surface area contributed by atoms with Crippen LogP contribution in [0.1, 0.15) is 46.5 Å². The van der Waals surface area contributed by atoms with Gasteiger partial charge >= 0.3 is 5.97 Å². The highest BCUT2D eigenvalue weighted by molar-refractivity contribution is 5.81. The second-order valence-electron chi connectivity index (χ2n) is 5.93. The van der Waals surface area contributed by atoms with Gasteiger partial charge in [-0.25, -0.2) is 0 Å². The van der Waals surface area contributed by atoms with Crippen molar-refractivity contribution in [3.05, 3.63) is 0 Å². The summed E-state index contributed by atoms with van der Waals surface area (Å²) >= 11 is 0. The van der Waals surface area contributed by atoms with Crippen molar-refractivity contribution < 1.29 is 19.1 Å². The molecular formula is C14H25NO4. The topological polar surface area (TPSA) is 64.6 Å². The van der Waals surface area contributed by atoms with E-state index in [1.165, 1.54) is 0 Å². The van der Waals surface area contributed by atoms with E-state index >= 15 is 0 Å². The van der Waals surface area contributed by atoms with Crippen LogP contribution in [0.15, 0.2) is 0 Å². The number of carbonyl (C=O) groups is 2. The number of hydrogen-bond donors (Lipinski definition) is 1. The Morgan fingerprint density at radius 1 is 1.32 bits per heavy atom. The molecule has 1 rings (SSSR count). The zero-order valence-electron chi connectivity index (χ0n) is 12.2. The number of amides is 1. The number of ether oxygens (including phenoxy) is 2. The molecule has 0 spiro atoms. The van der Waals surface area contributed by atoms with Gasteiger partial charge in [0.1, 0.15) is 6.61 Å². The molecule has 1 fully saturated rings. The van der Waals surface area contributed by atoms with Crippen molar-refractivity contribution in [3.63, 3.8) is 0 Å². The number of hydrogen-bond acceptors (Lipinski definition) is 4. The Morgan fingerprint density at radius 3 is 2.63 bits per heavy atom. The Morgan fingerprint density at radius 2 is 2.05 bits per heavy atom. The average molecular weight is 271 g/mol. The van der Waals surface area contributed by atoms with E-state index in [-0.39, 0.29) is 24.4 Å². The van der Waals surface area contributed by atoms with Gasteiger partial charge in [0.25, 0.3) is 0 Å². The van der Waals surface area contributed by atoms with Crippen LogP contribution in [0.5, 0.6) is 0 Å². The van der Waals surface area contributed by atoms with Crippen molar-refractivity contribution in [2.75, 3.05) is 19.8 Å². The highest BCUT2D eigenvalue weighted by atomic mass is 16.6. The van der Waals surface area contributed by atoms with E-state index in [9.17, 15) is 9.59 Å². The van der Waals surface area contributed by atoms with Crippen LogP contribution in [-0.2, 0) is 19.1 Å². The average Bonchev–Trinajstić information content (AvgIpc) is 2.36. The maximum atomic E-state index is 11.6. The molecule has 5 heteroatoms. The van der Waals surface area contributed by atoms with Gasteiger partial charge in [0.05, 0.1) is 12.5 Å². The quantitative estimate of drug-likeness (QED) is 0.772. The smallest absolute Gasteiger partial charge is 0.307 e. The maximum absolute atomic E-state index is 11.6. The fraction of sp³-hybridized carbons (Fsp3) is 0.857. The molecule has 0 radical (unpaired) electrons. The van der Waals surface area contributed by atoms with Crippen molar-refractivity contribution in [1.82, 2.24) is 5.32 Å². The Bertz CT molecular complexity index is 303. The van der Waals surface area contributed by atoms with E-state index in [0.29, 0.717) is 13.2 Å². The fourth-order valence-electron chi connectivity index (χ4n) is 1.74. The minimum Gasteiger partial charge on any atom is -0.463 e. The standard InChI is InChI=1S/C14H25NO4/c1-14(2,3)13(17)15-8-7-12(16)19-10-11-6-4-5-9-18-11/h11H,4-10H2,1-3H3,(H,15,17). The van der Waals surface area contributed by atoms with Gasteiger partial charge in [0.15, 0.2) is 0 Å². The van der Waals surface area contributed by atoms with Crippen LogP contribution in [0.25, 0.3) is 0 Å². The van der Waals surface area contributed by atoms with E-state index < -0.39 is 5.41 Å². The van der Waals surface area contributed by atoms with Gasteiger partial charge in [-0.3, -0.25) is 9.59 Å². The Labute approximate surface area is 115 Å². The van der Waals surface area contributed by atoms with Crippen LogP contribution in [0.2, 0.25) is 0 Å². The van der Waals surface area contributed by atoms with Crippen molar-refractivity contribution in [2.45, 2.75) is 52.6 Å². The Balaban J connectivity index is 2.09. The van der Waals surface area contributed by atoms with Gasteiger partial charge in [-0.15, -0.1) is 0 Å². The van der Waals surface area contributed by atoms with Crippen molar-refractivity contribution >= 4 is 11.9 Å². The highest BCUT2D eigenvalue weighted by Gasteiger charge is 2.21. The first kappa shape index (κ1) is 16.0. The summed E-state index contributed by atoms with van der Waals surface area (Å²) in [6.07, 6.45) is 3.41. The summed E-state index contributed by atoms with van der Waals surface area (Å²) in [4.78, 5) is 23.1. The van der Waals surface area contributed by atoms with Gasteiger partial charge in [-0.2, -0.15) is 0 Å². The van der Waals surface area contributed by atoms with E-state index in [0.717, 1.165) is 25.9 Å². The van der Waals surface area contributed by atoms with Crippen LogP contribution in [0.3, 0.4) is 0 Å². The zero-order chi connectivity index (χ0) is 14.3. The van der Waals surface area contributed by atoms with Gasteiger partial charge in [-0.05, 0) is 19.3 Å². The summed E-state index contributed by atoms with van der Waals surface area (Å²) in [7, 11) is 0. The van der Waals surface area contributed by atoms with Crippen molar-refractivity contribution in [3.8, 4) is 0 Å². The highest BCUT2D eigenvalue weighted by Crippen LogP contribution is 2.13. The lowest BCUT2D eigenvalue weighted by molar-refractivity contribution is -0.149. The maximum Gasteiger partial charge on any atom is 0.307 e. The molecule has 5 nitrogen and oxygen atoms in total. The van der Waals surface area contributed by atoms with Gasteiger partial charge < -0.3 is 14.8 Å². The second-order valence-corrected chi connectivity index (χ2v) is 5.93. The van der Waals surface area contributed by atoms with E-state index in [2.05, 4.69) is 5.32 Å². The molecule has 1 heterocycles. The molecule has 0 aromatic heterocycles. The third kappa shape index (κ3) is 6.57. The first-order valence-electron chi connectivity index (χ1n) is 6.95. The van der Waals surface area contributed by atoms with Crippen LogP contribution >= 0.6 is 0 Å². The normalized spacial score (nSPS) is 19.8. The Hall–Kier alpha value is -1.10. The summed E-state index contributed by atoms with van der Waals surface area (Å²) < 4.78 is 10.6. The lowest BCUT2D eigenvalue weighted by Gasteiger charge is -2.22. The summed E-state index contributed by atoms with van der Waals surface area (Å²) in [5.74, 6) is -0.348. The fourth-order valence-corrected chi connectivity index (χ4v) is 1.74. The van der Waals surface area contributed by atoms with E-state index in [4.69, 9.17) is 9.47 Å². The minimum absolute atomic E-state index is 0.0434. The van der Waals surface area contributed by atoms with Gasteiger partial charge in [-0.1, -0.05) is 20.8 Å². The largest absolute Gasteiger partial charge is 0.463 e. The molecule has 1 amide bonds.